The first-order valence-electron chi connectivity index (χ1n) is 5.83. The Labute approximate surface area is 99.6 Å². The summed E-state index contributed by atoms with van der Waals surface area (Å²) in [5.74, 6) is -0.341. The Morgan fingerprint density at radius 1 is 1.59 bits per heavy atom. The van der Waals surface area contributed by atoms with Crippen molar-refractivity contribution in [1.82, 2.24) is 15.5 Å². The molecular weight excluding hydrogens is 220 g/mol. The number of nitrogens with one attached hydrogen (secondary N) is 2. The summed E-state index contributed by atoms with van der Waals surface area (Å²) in [6.07, 6.45) is 3.50. The summed E-state index contributed by atoms with van der Waals surface area (Å²) >= 11 is 0. The molecule has 1 heterocycles. The minimum absolute atomic E-state index is 0.198. The highest BCUT2D eigenvalue weighted by atomic mass is 16.3. The van der Waals surface area contributed by atoms with Crippen molar-refractivity contribution in [2.45, 2.75) is 38.2 Å². The summed E-state index contributed by atoms with van der Waals surface area (Å²) in [5.41, 5.74) is 6.18. The van der Waals surface area contributed by atoms with Gasteiger partial charge < -0.3 is 16.2 Å². The van der Waals surface area contributed by atoms with Gasteiger partial charge in [-0.2, -0.15) is 5.10 Å². The van der Waals surface area contributed by atoms with Crippen LogP contribution in [0.2, 0.25) is 0 Å². The fourth-order valence-electron chi connectivity index (χ4n) is 2.15. The van der Waals surface area contributed by atoms with E-state index in [0.717, 1.165) is 25.7 Å². The summed E-state index contributed by atoms with van der Waals surface area (Å²) < 4.78 is 0. The van der Waals surface area contributed by atoms with E-state index < -0.39 is 5.60 Å². The molecule has 1 aromatic heterocycles. The van der Waals surface area contributed by atoms with Crippen molar-refractivity contribution in [3.63, 3.8) is 0 Å². The molecule has 94 valence electrons. The second kappa shape index (κ2) is 4.37. The molecule has 0 saturated heterocycles. The molecule has 17 heavy (non-hydrogen) atoms. The maximum atomic E-state index is 11.8. The molecule has 0 radical (unpaired) electrons. The molecule has 0 aromatic carbocycles. The van der Waals surface area contributed by atoms with Gasteiger partial charge in [-0.3, -0.25) is 9.89 Å². The minimum atomic E-state index is -0.754. The van der Waals surface area contributed by atoms with Crippen LogP contribution in [0.4, 0.5) is 5.69 Å². The third kappa shape index (κ3) is 2.41. The van der Waals surface area contributed by atoms with Crippen LogP contribution in [0, 0.1) is 6.92 Å². The Balaban J connectivity index is 1.96. The standard InChI is InChI=1S/C11H18N4O2/c1-7-8(12)9(15-14-7)10(16)13-6-11(17)4-2-3-5-11/h17H,2-6,12H2,1H3,(H,13,16)(H,14,15). The van der Waals surface area contributed by atoms with Gasteiger partial charge in [0.2, 0.25) is 0 Å². The van der Waals surface area contributed by atoms with Crippen molar-refractivity contribution in [1.29, 1.82) is 0 Å². The Morgan fingerprint density at radius 2 is 2.24 bits per heavy atom. The predicted octanol–water partition coefficient (Wildman–Crippen LogP) is 0.335. The topological polar surface area (TPSA) is 104 Å². The molecular formula is C11H18N4O2. The lowest BCUT2D eigenvalue weighted by Crippen LogP contribution is -2.41. The smallest absolute Gasteiger partial charge is 0.274 e. The van der Waals surface area contributed by atoms with Crippen LogP contribution in [0.3, 0.4) is 0 Å². The lowest BCUT2D eigenvalue weighted by atomic mass is 10.0. The average molecular weight is 238 g/mol. The number of aliphatic hydroxyl groups is 1. The third-order valence-corrected chi connectivity index (χ3v) is 3.32. The van der Waals surface area contributed by atoms with Crippen molar-refractivity contribution in [3.8, 4) is 0 Å². The lowest BCUT2D eigenvalue weighted by Gasteiger charge is -2.21. The van der Waals surface area contributed by atoms with E-state index in [-0.39, 0.29) is 18.1 Å². The number of carbonyl (C=O) groups excluding carboxylic acids is 1. The van der Waals surface area contributed by atoms with Gasteiger partial charge in [-0.15, -0.1) is 0 Å². The van der Waals surface area contributed by atoms with E-state index in [9.17, 15) is 9.90 Å². The van der Waals surface area contributed by atoms with Crippen LogP contribution in [0.15, 0.2) is 0 Å². The highest BCUT2D eigenvalue weighted by molar-refractivity contribution is 5.97. The van der Waals surface area contributed by atoms with Crippen molar-refractivity contribution < 1.29 is 9.90 Å². The third-order valence-electron chi connectivity index (χ3n) is 3.32. The predicted molar refractivity (Wildman–Crippen MR) is 63.5 cm³/mol. The number of hydrogen-bond donors (Lipinski definition) is 4. The summed E-state index contributed by atoms with van der Waals surface area (Å²) in [4.78, 5) is 11.8. The molecule has 1 aromatic rings. The second-order valence-corrected chi connectivity index (χ2v) is 4.73. The van der Waals surface area contributed by atoms with Crippen LogP contribution >= 0.6 is 0 Å². The van der Waals surface area contributed by atoms with Gasteiger partial charge in [-0.05, 0) is 19.8 Å². The zero-order valence-electron chi connectivity index (χ0n) is 9.92. The van der Waals surface area contributed by atoms with Gasteiger partial charge in [-0.1, -0.05) is 12.8 Å². The second-order valence-electron chi connectivity index (χ2n) is 4.73. The first-order valence-corrected chi connectivity index (χ1v) is 5.83. The molecule has 0 aliphatic heterocycles. The summed E-state index contributed by atoms with van der Waals surface area (Å²) in [5, 5.41) is 19.3. The van der Waals surface area contributed by atoms with Gasteiger partial charge in [-0.25, -0.2) is 0 Å². The Bertz CT molecular complexity index is 421. The first kappa shape index (κ1) is 11.9. The molecule has 0 spiro atoms. The van der Waals surface area contributed by atoms with Crippen LogP contribution in [0.5, 0.6) is 0 Å². The average Bonchev–Trinajstić information content (AvgIpc) is 2.86. The minimum Gasteiger partial charge on any atom is -0.395 e. The molecule has 5 N–H and O–H groups in total. The molecule has 1 aliphatic rings. The van der Waals surface area contributed by atoms with E-state index in [4.69, 9.17) is 5.73 Å². The van der Waals surface area contributed by atoms with E-state index in [1.54, 1.807) is 6.92 Å². The molecule has 1 amide bonds. The van der Waals surface area contributed by atoms with Crippen LogP contribution in [0.25, 0.3) is 0 Å². The highest BCUT2D eigenvalue weighted by Gasteiger charge is 2.31. The molecule has 1 aliphatic carbocycles. The molecule has 6 nitrogen and oxygen atoms in total. The quantitative estimate of drug-likeness (QED) is 0.609. The monoisotopic (exact) mass is 238 g/mol. The molecule has 0 bridgehead atoms. The Kier molecular flexibility index (Phi) is 3.06. The highest BCUT2D eigenvalue weighted by Crippen LogP contribution is 2.28. The SMILES string of the molecule is Cc1[nH]nc(C(=O)NCC2(O)CCCC2)c1N. The Hall–Kier alpha value is -1.56. The molecule has 2 rings (SSSR count). The molecule has 0 atom stereocenters. The van der Waals surface area contributed by atoms with Gasteiger partial charge in [0.25, 0.3) is 5.91 Å². The van der Waals surface area contributed by atoms with Gasteiger partial charge in [0.05, 0.1) is 17.0 Å². The van der Waals surface area contributed by atoms with E-state index in [1.807, 2.05) is 0 Å². The fraction of sp³-hybridized carbons (Fsp3) is 0.636. The van der Waals surface area contributed by atoms with Crippen LogP contribution in [-0.2, 0) is 0 Å². The molecule has 1 fully saturated rings. The number of aryl methyl sites for hydroxylation is 1. The van der Waals surface area contributed by atoms with E-state index in [2.05, 4.69) is 15.5 Å². The van der Waals surface area contributed by atoms with Crippen molar-refractivity contribution in [3.05, 3.63) is 11.4 Å². The van der Waals surface area contributed by atoms with Crippen LogP contribution in [-0.4, -0.2) is 33.4 Å². The van der Waals surface area contributed by atoms with Gasteiger partial charge in [0.15, 0.2) is 5.69 Å². The number of amides is 1. The van der Waals surface area contributed by atoms with Crippen molar-refractivity contribution in [2.75, 3.05) is 12.3 Å². The van der Waals surface area contributed by atoms with Gasteiger partial charge in [0, 0.05) is 6.54 Å². The zero-order valence-corrected chi connectivity index (χ0v) is 9.92. The summed E-state index contributed by atoms with van der Waals surface area (Å²) in [6.45, 7) is 2.01. The number of nitrogen functional groups attached to an aromatic ring is 1. The number of hydrogen-bond acceptors (Lipinski definition) is 4. The molecule has 0 unspecified atom stereocenters. The summed E-state index contributed by atoms with van der Waals surface area (Å²) in [7, 11) is 0. The maximum Gasteiger partial charge on any atom is 0.274 e. The largest absolute Gasteiger partial charge is 0.395 e. The lowest BCUT2D eigenvalue weighted by molar-refractivity contribution is 0.0449. The number of rotatable bonds is 3. The number of nitrogens with zero attached hydrogens (tertiary/aromatic N) is 1. The number of H-pyrrole nitrogens is 1. The van der Waals surface area contributed by atoms with E-state index in [1.165, 1.54) is 0 Å². The van der Waals surface area contributed by atoms with Gasteiger partial charge >= 0.3 is 0 Å². The number of aromatic amines is 1. The van der Waals surface area contributed by atoms with Crippen molar-refractivity contribution >= 4 is 11.6 Å². The van der Waals surface area contributed by atoms with E-state index >= 15 is 0 Å². The van der Waals surface area contributed by atoms with Crippen LogP contribution < -0.4 is 11.1 Å². The number of carbonyl (C=O) groups is 1. The number of anilines is 1. The number of nitrogens with two attached hydrogens (primary N) is 1. The zero-order chi connectivity index (χ0) is 12.5. The Morgan fingerprint density at radius 3 is 2.76 bits per heavy atom. The molecule has 6 heteroatoms. The van der Waals surface area contributed by atoms with E-state index in [0.29, 0.717) is 11.4 Å². The first-order chi connectivity index (χ1) is 8.02. The fourth-order valence-corrected chi connectivity index (χ4v) is 2.15. The molecule has 1 saturated carbocycles. The normalized spacial score (nSPS) is 18.2. The number of aromatic nitrogens is 2. The summed E-state index contributed by atoms with van der Waals surface area (Å²) in [6, 6.07) is 0. The van der Waals surface area contributed by atoms with Crippen molar-refractivity contribution in [2.24, 2.45) is 0 Å². The van der Waals surface area contributed by atoms with Gasteiger partial charge in [0.1, 0.15) is 0 Å². The maximum absolute atomic E-state index is 11.8. The van der Waals surface area contributed by atoms with Crippen LogP contribution in [0.1, 0.15) is 41.9 Å².